The molecular weight excluding hydrogens is 847 g/mol. The van der Waals surface area contributed by atoms with Gasteiger partial charge in [-0.15, -0.1) is 0 Å². The summed E-state index contributed by atoms with van der Waals surface area (Å²) in [5, 5.41) is 0. The van der Waals surface area contributed by atoms with Gasteiger partial charge in [-0.3, -0.25) is 0 Å². The van der Waals surface area contributed by atoms with Crippen molar-refractivity contribution in [1.82, 2.24) is 13.5 Å². The second-order valence-electron chi connectivity index (χ2n) is 16.9. The molecule has 2 aromatic rings. The van der Waals surface area contributed by atoms with Gasteiger partial charge in [0, 0.05) is 52.0 Å². The number of sulfonamides is 2. The van der Waals surface area contributed by atoms with Gasteiger partial charge >= 0.3 is 12.4 Å². The molecule has 18 heteroatoms. The molecule has 3 fully saturated rings. The zero-order valence-corrected chi connectivity index (χ0v) is 37.6. The molecule has 3 saturated carbocycles. The van der Waals surface area contributed by atoms with Gasteiger partial charge < -0.3 is 20.1 Å². The van der Waals surface area contributed by atoms with Crippen LogP contribution in [0.5, 0.6) is 0 Å². The summed E-state index contributed by atoms with van der Waals surface area (Å²) in [7, 11) is -2.50. The van der Waals surface area contributed by atoms with Crippen LogP contribution in [-0.4, -0.2) is 108 Å². The second kappa shape index (κ2) is 23.0. The Morgan fingerprint density at radius 2 is 1.02 bits per heavy atom. The summed E-state index contributed by atoms with van der Waals surface area (Å²) in [5.74, 6) is 0.910. The first-order chi connectivity index (χ1) is 28.6. The minimum atomic E-state index is -4.49. The van der Waals surface area contributed by atoms with Gasteiger partial charge in [0.15, 0.2) is 0 Å². The molecule has 61 heavy (non-hydrogen) atoms. The average Bonchev–Trinajstić information content (AvgIpc) is 4.05. The Morgan fingerprint density at radius 1 is 0.623 bits per heavy atom. The van der Waals surface area contributed by atoms with Crippen molar-refractivity contribution < 1.29 is 52.7 Å². The van der Waals surface area contributed by atoms with Crippen LogP contribution in [0.2, 0.25) is 0 Å². The smallest absolute Gasteiger partial charge is 0.378 e. The van der Waals surface area contributed by atoms with E-state index in [1.807, 2.05) is 0 Å². The van der Waals surface area contributed by atoms with E-state index in [1.54, 1.807) is 0 Å². The zero-order chi connectivity index (χ0) is 45.0. The number of hydrogen-bond acceptors (Lipinski definition) is 8. The standard InChI is InChI=1S/C23H35F3N2O3S.C20H31F3N2O3S/c1-27(17-18-5-6-18)15-3-4-16-31-21-11-9-20(10-12-21)28(2)32(29,30)22-13-7-19(8-14-22)23(24,25)26;1-3-16(24)5-4-14-28-18-10-8-17(9-11-18)25(2)29(26,27)19-12-6-15(7-13-19)20(21,22)23/h7-8,13-14,18,20-21H,3-6,9-12,15-17H2,1-2H3;6-7,12-13,16-18H,3-5,8-11,14,24H2,1-2H3. The number of alkyl halides is 6. The van der Waals surface area contributed by atoms with Crippen LogP contribution >= 0.6 is 0 Å². The van der Waals surface area contributed by atoms with E-state index in [9.17, 15) is 43.2 Å². The number of ether oxygens (including phenoxy) is 2. The average molecular weight is 913 g/mol. The fourth-order valence-electron chi connectivity index (χ4n) is 7.87. The molecule has 3 aliphatic rings. The highest BCUT2D eigenvalue weighted by Gasteiger charge is 2.36. The normalized spacial score (nSPS) is 22.3. The zero-order valence-electron chi connectivity index (χ0n) is 36.0. The van der Waals surface area contributed by atoms with Crippen molar-refractivity contribution in [3.63, 3.8) is 0 Å². The van der Waals surface area contributed by atoms with Crippen molar-refractivity contribution >= 4 is 20.0 Å². The Hall–Kier alpha value is -2.32. The molecule has 2 aromatic carbocycles. The molecule has 0 aliphatic heterocycles. The molecule has 0 bridgehead atoms. The molecule has 0 amide bonds. The first kappa shape index (κ1) is 51.3. The lowest BCUT2D eigenvalue weighted by molar-refractivity contribution is -0.138. The van der Waals surface area contributed by atoms with Gasteiger partial charge in [-0.25, -0.2) is 16.8 Å². The second-order valence-corrected chi connectivity index (χ2v) is 20.9. The molecular formula is C43H66F6N4O6S2. The first-order valence-corrected chi connectivity index (χ1v) is 24.5. The summed E-state index contributed by atoms with van der Waals surface area (Å²) in [5.41, 5.74) is 4.17. The number of benzene rings is 2. The maximum absolute atomic E-state index is 12.9. The largest absolute Gasteiger partial charge is 0.416 e. The molecule has 1 atom stereocenters. The summed E-state index contributed by atoms with van der Waals surface area (Å²) in [6.45, 7) is 5.74. The number of nitrogens with two attached hydrogens (primary N) is 1. The lowest BCUT2D eigenvalue weighted by Crippen LogP contribution is -2.40. The highest BCUT2D eigenvalue weighted by atomic mass is 32.2. The summed E-state index contributed by atoms with van der Waals surface area (Å²) in [6, 6.07) is 7.19. The summed E-state index contributed by atoms with van der Waals surface area (Å²) < 4.78 is 142. The van der Waals surface area contributed by atoms with E-state index < -0.39 is 43.5 Å². The van der Waals surface area contributed by atoms with E-state index in [1.165, 1.54) is 42.1 Å². The third-order valence-corrected chi connectivity index (χ3v) is 16.0. The van der Waals surface area contributed by atoms with Crippen molar-refractivity contribution in [3.8, 4) is 0 Å². The summed E-state index contributed by atoms with van der Waals surface area (Å²) in [4.78, 5) is 2.16. The lowest BCUT2D eigenvalue weighted by Gasteiger charge is -2.34. The Morgan fingerprint density at radius 3 is 1.38 bits per heavy atom. The van der Waals surface area contributed by atoms with Crippen LogP contribution in [0.4, 0.5) is 26.3 Å². The van der Waals surface area contributed by atoms with E-state index in [0.29, 0.717) is 32.3 Å². The molecule has 348 valence electrons. The molecule has 0 spiro atoms. The number of halogens is 6. The van der Waals surface area contributed by atoms with Crippen molar-refractivity contribution in [2.75, 3.05) is 47.4 Å². The van der Waals surface area contributed by atoms with Gasteiger partial charge in [-0.2, -0.15) is 35.0 Å². The molecule has 0 saturated heterocycles. The van der Waals surface area contributed by atoms with E-state index in [-0.39, 0.29) is 40.1 Å². The van der Waals surface area contributed by atoms with Gasteiger partial charge in [0.05, 0.1) is 33.1 Å². The number of hydrogen-bond donors (Lipinski definition) is 1. The molecule has 0 aromatic heterocycles. The first-order valence-electron chi connectivity index (χ1n) is 21.6. The molecule has 10 nitrogen and oxygen atoms in total. The Balaban J connectivity index is 0.000000270. The molecule has 1 unspecified atom stereocenters. The Bertz CT molecular complexity index is 1810. The highest BCUT2D eigenvalue weighted by molar-refractivity contribution is 7.89. The minimum absolute atomic E-state index is 0.113. The maximum Gasteiger partial charge on any atom is 0.416 e. The van der Waals surface area contributed by atoms with Gasteiger partial charge in [-0.1, -0.05) is 6.92 Å². The summed E-state index contributed by atoms with van der Waals surface area (Å²) >= 11 is 0. The predicted octanol–water partition coefficient (Wildman–Crippen LogP) is 8.95. The maximum atomic E-state index is 12.9. The molecule has 0 radical (unpaired) electrons. The summed E-state index contributed by atoms with van der Waals surface area (Å²) in [6.07, 6.45) is 4.77. The van der Waals surface area contributed by atoms with Crippen molar-refractivity contribution in [3.05, 3.63) is 59.7 Å². The van der Waals surface area contributed by atoms with Crippen molar-refractivity contribution in [1.29, 1.82) is 0 Å². The van der Waals surface area contributed by atoms with Crippen LogP contribution in [0, 0.1) is 5.92 Å². The fraction of sp³-hybridized carbons (Fsp3) is 0.721. The SMILES string of the molecule is CCC(N)CCCOC1CCC(N(C)S(=O)(=O)c2ccc(C(F)(F)F)cc2)CC1.CN(CCCCOC1CCC(N(C)S(=O)(=O)c2ccc(C(F)(F)F)cc2)CC1)CC1CC1. The monoisotopic (exact) mass is 912 g/mol. The number of nitrogens with zero attached hydrogens (tertiary/aromatic N) is 3. The van der Waals surface area contributed by atoms with Crippen LogP contribution in [0.3, 0.4) is 0 Å². The van der Waals surface area contributed by atoms with Crippen LogP contribution < -0.4 is 5.73 Å². The van der Waals surface area contributed by atoms with Gasteiger partial charge in [0.1, 0.15) is 0 Å². The van der Waals surface area contributed by atoms with Gasteiger partial charge in [0.2, 0.25) is 20.0 Å². The third-order valence-electron chi connectivity index (χ3n) is 12.2. The predicted molar refractivity (Wildman–Crippen MR) is 224 cm³/mol. The Labute approximate surface area is 359 Å². The van der Waals surface area contributed by atoms with Crippen LogP contribution in [0.15, 0.2) is 58.3 Å². The number of rotatable bonds is 20. The highest BCUT2D eigenvalue weighted by Crippen LogP contribution is 2.34. The fourth-order valence-corrected chi connectivity index (χ4v) is 10.7. The van der Waals surface area contributed by atoms with Crippen molar-refractivity contribution in [2.24, 2.45) is 11.7 Å². The lowest BCUT2D eigenvalue weighted by atomic mass is 9.93. The molecule has 3 aliphatic carbocycles. The van der Waals surface area contributed by atoms with Gasteiger partial charge in [-0.05, 0) is 164 Å². The van der Waals surface area contributed by atoms with E-state index in [2.05, 4.69) is 18.9 Å². The van der Waals surface area contributed by atoms with E-state index in [0.717, 1.165) is 125 Å². The Kier molecular flexibility index (Phi) is 19.4. The van der Waals surface area contributed by atoms with Gasteiger partial charge in [0.25, 0.3) is 0 Å². The van der Waals surface area contributed by atoms with Crippen molar-refractivity contribution in [2.45, 2.75) is 156 Å². The number of unbranched alkanes of at least 4 members (excludes halogenated alkanes) is 1. The molecule has 2 N–H and O–H groups in total. The quantitative estimate of drug-likeness (QED) is 0.103. The van der Waals surface area contributed by atoms with Crippen LogP contribution in [0.1, 0.15) is 114 Å². The van der Waals surface area contributed by atoms with Crippen LogP contribution in [-0.2, 0) is 41.9 Å². The van der Waals surface area contributed by atoms with E-state index >= 15 is 0 Å². The topological polar surface area (TPSA) is 122 Å². The van der Waals surface area contributed by atoms with Crippen LogP contribution in [0.25, 0.3) is 0 Å². The molecule has 5 rings (SSSR count). The minimum Gasteiger partial charge on any atom is -0.378 e. The van der Waals surface area contributed by atoms with E-state index in [4.69, 9.17) is 15.2 Å². The molecule has 0 heterocycles. The third kappa shape index (κ3) is 16.0.